The first-order valence-corrected chi connectivity index (χ1v) is 23.5. The van der Waals surface area contributed by atoms with Crippen LogP contribution in [0.5, 0.6) is 11.5 Å². The number of aliphatic imine (C=N–C) groups is 2. The predicted molar refractivity (Wildman–Crippen MR) is 303 cm³/mol. The van der Waals surface area contributed by atoms with Crippen molar-refractivity contribution in [1.29, 1.82) is 0 Å². The number of benzene rings is 4. The molecule has 2 aliphatic heterocycles. The van der Waals surface area contributed by atoms with Crippen LogP contribution in [0.2, 0.25) is 20.1 Å². The smallest absolute Gasteiger partial charge is 0.870 e. The number of carboxylic acid groups (broad SMARTS) is 1. The molecule has 0 aliphatic carbocycles. The fourth-order valence-corrected chi connectivity index (χ4v) is 8.03. The van der Waals surface area contributed by atoms with Gasteiger partial charge in [-0.15, -0.1) is 0 Å². The Morgan fingerprint density at radius 2 is 0.959 bits per heavy atom. The minimum absolute atomic E-state index is 0. The van der Waals surface area contributed by atoms with E-state index >= 15 is 0 Å². The Labute approximate surface area is 482 Å². The Balaban J connectivity index is -0.00000125. The summed E-state index contributed by atoms with van der Waals surface area (Å²) in [5.74, 6) is 0.286. The average Bonchev–Trinajstić information content (AvgIpc) is 4.05. The summed E-state index contributed by atoms with van der Waals surface area (Å²) >= 11 is 24.3. The van der Waals surface area contributed by atoms with Gasteiger partial charge in [-0.3, -0.25) is 19.6 Å². The molecule has 0 saturated heterocycles. The summed E-state index contributed by atoms with van der Waals surface area (Å²) in [7, 11) is 1.27. The van der Waals surface area contributed by atoms with E-state index < -0.39 is 35.8 Å². The minimum atomic E-state index is -1.15. The first-order chi connectivity index (χ1) is 32.4. The molecule has 0 bridgehead atoms. The Morgan fingerprint density at radius 3 is 1.30 bits per heavy atom. The molecule has 0 radical (unpaired) electrons. The number of carbonyl (C=O) groups is 4. The number of aliphatic carboxylic acids is 1. The van der Waals surface area contributed by atoms with Crippen LogP contribution in [0, 0.1) is 0 Å². The van der Waals surface area contributed by atoms with E-state index in [1.165, 1.54) is 19.2 Å². The number of carbonyl (C=O) groups excluding carboxylic acids is 3. The number of hydrogen-bond acceptors (Lipinski definition) is 12. The molecule has 15 nitrogen and oxygen atoms in total. The van der Waals surface area contributed by atoms with Crippen molar-refractivity contribution >= 4 is 109 Å². The molecule has 406 valence electrons. The second-order valence-electron chi connectivity index (χ2n) is 15.4. The van der Waals surface area contributed by atoms with Crippen LogP contribution in [0.1, 0.15) is 105 Å². The van der Waals surface area contributed by atoms with Gasteiger partial charge in [-0.05, 0) is 98.2 Å². The van der Waals surface area contributed by atoms with Gasteiger partial charge in [-0.1, -0.05) is 105 Å². The van der Waals surface area contributed by atoms with Crippen LogP contribution in [0.3, 0.4) is 0 Å². The second-order valence-corrected chi connectivity index (χ2v) is 17.0. The van der Waals surface area contributed by atoms with Crippen molar-refractivity contribution in [3.8, 4) is 11.5 Å². The van der Waals surface area contributed by atoms with Crippen molar-refractivity contribution in [2.24, 2.45) is 9.98 Å². The Morgan fingerprint density at radius 1 is 0.595 bits per heavy atom. The van der Waals surface area contributed by atoms with Crippen molar-refractivity contribution < 1.29 is 72.3 Å². The van der Waals surface area contributed by atoms with Crippen LogP contribution in [0.4, 0.5) is 0 Å². The van der Waals surface area contributed by atoms with E-state index in [-0.39, 0.29) is 118 Å². The maximum atomic E-state index is 12.7. The largest absolute Gasteiger partial charge is 1.00 e. The van der Waals surface area contributed by atoms with Crippen LogP contribution in [-0.4, -0.2) is 105 Å². The van der Waals surface area contributed by atoms with E-state index in [9.17, 15) is 24.3 Å². The molecule has 0 aromatic heterocycles. The first kappa shape index (κ1) is 74.0. The van der Waals surface area contributed by atoms with E-state index in [1.807, 2.05) is 24.3 Å². The van der Waals surface area contributed by atoms with E-state index in [4.69, 9.17) is 70.1 Å². The molecule has 4 aromatic carbocycles. The minimum Gasteiger partial charge on any atom is -0.870 e. The van der Waals surface area contributed by atoms with Crippen LogP contribution >= 0.6 is 73.4 Å². The number of amides is 2. The van der Waals surface area contributed by atoms with Gasteiger partial charge in [0.15, 0.2) is 11.8 Å². The number of nitrogens with zero attached hydrogens (tertiary/aromatic N) is 2. The van der Waals surface area contributed by atoms with E-state index in [1.54, 1.807) is 48.5 Å². The number of rotatable bonds is 24. The summed E-state index contributed by atoms with van der Waals surface area (Å²) < 4.78 is 27.2. The number of methoxy groups -OCH3 is 1. The van der Waals surface area contributed by atoms with Crippen LogP contribution in [0.25, 0.3) is 0 Å². The Bertz CT molecular complexity index is 2310. The Kier molecular flexibility index (Phi) is 40.0. The summed E-state index contributed by atoms with van der Waals surface area (Å²) in [4.78, 5) is 57.8. The number of halogens is 4. The normalized spacial score (nSPS) is 12.3. The molecule has 2 atom stereocenters. The van der Waals surface area contributed by atoms with Crippen molar-refractivity contribution in [3.05, 3.63) is 127 Å². The zero-order chi connectivity index (χ0) is 48.0. The van der Waals surface area contributed by atoms with E-state index in [2.05, 4.69) is 20.6 Å². The molecule has 0 fully saturated rings. The van der Waals surface area contributed by atoms with Crippen LogP contribution in [-0.2, 0) is 36.6 Å². The third-order valence-electron chi connectivity index (χ3n) is 10.4. The maximum Gasteiger partial charge on any atom is 1.00 e. The van der Waals surface area contributed by atoms with E-state index in [0.717, 1.165) is 93.1 Å². The predicted octanol–water partition coefficient (Wildman–Crippen LogP) is 8.62. The molecule has 0 unspecified atom stereocenters. The molecule has 4 aromatic rings. The summed E-state index contributed by atoms with van der Waals surface area (Å²) in [6.07, 6.45) is 8.08. The van der Waals surface area contributed by atoms with Crippen molar-refractivity contribution in [1.82, 2.24) is 10.6 Å². The van der Waals surface area contributed by atoms with Crippen LogP contribution < -0.4 is 39.0 Å². The number of esters is 1. The summed E-state index contributed by atoms with van der Waals surface area (Å²) in [5, 5.41) is 15.5. The van der Waals surface area contributed by atoms with Crippen molar-refractivity contribution in [2.75, 3.05) is 46.6 Å². The first-order valence-electron chi connectivity index (χ1n) is 22.0. The zero-order valence-electron chi connectivity index (χ0n) is 39.5. The van der Waals surface area contributed by atoms with Gasteiger partial charge in [0.2, 0.25) is 0 Å². The third kappa shape index (κ3) is 25.0. The molecular weight excluding hydrogens is 1070 g/mol. The number of hydrogen-bond donors (Lipinski definition) is 3. The molecule has 2 heterocycles. The molecule has 2 amide bonds. The fourth-order valence-electron chi connectivity index (χ4n) is 6.89. The van der Waals surface area contributed by atoms with Gasteiger partial charge in [0.25, 0.3) is 11.8 Å². The average molecular weight is 1140 g/mol. The summed E-state index contributed by atoms with van der Waals surface area (Å²) in [6, 6.07) is 22.0. The van der Waals surface area contributed by atoms with Gasteiger partial charge in [0.1, 0.15) is 36.8 Å². The van der Waals surface area contributed by atoms with E-state index in [0.29, 0.717) is 32.2 Å². The molecule has 2 aliphatic rings. The molecule has 0 spiro atoms. The molecule has 74 heavy (non-hydrogen) atoms. The van der Waals surface area contributed by atoms with Crippen molar-refractivity contribution in [3.63, 3.8) is 0 Å². The van der Waals surface area contributed by atoms with Gasteiger partial charge in [0.05, 0.1) is 64.6 Å². The topological polar surface area (TPSA) is 213 Å². The SMILES string of the molecule is C.C.C.COC(=O)[C@H](Cc1ccc(OCCCCCC2=NCCO2)cc1)NC(=O)c1c(Cl)cccc1Cl.O=C(N[C@@H](Cc1ccc(OCCCCCC2=NCCO2)cc1)C(=O)O)c1c(Cl)cccc1Cl.S.S.[Li+].[OH-]. The quantitative estimate of drug-likeness (QED) is 0.0343. The summed E-state index contributed by atoms with van der Waals surface area (Å²) in [6.45, 7) is 4.16. The van der Waals surface area contributed by atoms with Crippen LogP contribution in [0.15, 0.2) is 94.9 Å². The molecule has 6 rings (SSSR count). The zero-order valence-corrected chi connectivity index (χ0v) is 44.5. The molecule has 0 saturated carbocycles. The molecule has 22 heteroatoms. The molecular formula is C52H71Cl4LiN4O11S2. The number of nitrogens with one attached hydrogen (secondary N) is 2. The van der Waals surface area contributed by atoms with Gasteiger partial charge in [-0.25, -0.2) is 9.59 Å². The fraction of sp³-hybridized carbons (Fsp3) is 0.423. The van der Waals surface area contributed by atoms with Gasteiger partial charge < -0.3 is 44.9 Å². The molecule has 4 N–H and O–H groups in total. The van der Waals surface area contributed by atoms with Crippen molar-refractivity contribution in [2.45, 2.75) is 98.6 Å². The monoisotopic (exact) mass is 1140 g/mol. The summed E-state index contributed by atoms with van der Waals surface area (Å²) in [5.41, 5.74) is 1.76. The van der Waals surface area contributed by atoms with Gasteiger partial charge in [-0.2, -0.15) is 27.0 Å². The second kappa shape index (κ2) is 40.0. The maximum absolute atomic E-state index is 12.7. The number of unbranched alkanes of at least 4 members (excludes halogenated alkanes) is 4. The van der Waals surface area contributed by atoms with Gasteiger partial charge in [0, 0.05) is 25.7 Å². The number of carboxylic acids is 1. The third-order valence-corrected chi connectivity index (χ3v) is 11.7. The number of ether oxygens (including phenoxy) is 5. The Hall–Kier alpha value is -4.28. The standard InChI is InChI=1S/C25H28Cl2N2O5.C24H26Cl2N2O5.3CH4.Li.H2O.2H2S/c1-32-25(31)21(29-24(30)23-19(26)6-5-7-20(23)27)16-17-9-11-18(12-10-17)33-14-4-2-3-8-22-28-13-15-34-22;25-18-5-4-6-19(26)22(18)23(29)28-20(24(30)31)15-16-8-10-17(11-9-16)32-13-3-1-2-7-21-27-12-14-33-21;;;;;;;/h5-7,9-12,21H,2-4,8,13-16H2,1H3,(H,29,30);4-6,8-11,20H,1-3,7,12-15H2,(H,28,29)(H,30,31);3*1H4;;3*1H2/q;;;;;+1;;;/p-1/t21-;20-;;;;;;;/m00......./s1. The van der Waals surface area contributed by atoms with Gasteiger partial charge >= 0.3 is 30.8 Å².